The average molecular weight is 255 g/mol. The van der Waals surface area contributed by atoms with Crippen molar-refractivity contribution in [3.05, 3.63) is 0 Å². The molecule has 0 bridgehead atoms. The lowest BCUT2D eigenvalue weighted by Crippen LogP contribution is -2.46. The van der Waals surface area contributed by atoms with E-state index in [1.54, 1.807) is 30.8 Å². The highest BCUT2D eigenvalue weighted by Gasteiger charge is 2.30. The first kappa shape index (κ1) is 12.7. The number of hydrogen-bond acceptors (Lipinski definition) is 3. The van der Waals surface area contributed by atoms with Crippen molar-refractivity contribution in [2.24, 2.45) is 10.9 Å². The topological polar surface area (TPSA) is 44.7 Å². The van der Waals surface area contributed by atoms with Crippen LogP contribution in [0.4, 0.5) is 0 Å². The third-order valence-electron chi connectivity index (χ3n) is 3.51. The lowest BCUT2D eigenvalue weighted by atomic mass is 9.86. The van der Waals surface area contributed by atoms with E-state index in [0.717, 1.165) is 16.8 Å². The van der Waals surface area contributed by atoms with Crippen LogP contribution in [0.5, 0.6) is 0 Å². The predicted octanol–water partition coefficient (Wildman–Crippen LogP) is 1.33. The number of amides is 1. The summed E-state index contributed by atoms with van der Waals surface area (Å²) in [4.78, 5) is 17.4. The SMILES string of the molecule is CN(C)C(=O)CN=C1NC2CCCCC2CS1. The second-order valence-electron chi connectivity index (χ2n) is 5.02. The number of nitrogens with one attached hydrogen (secondary N) is 1. The molecule has 0 radical (unpaired) electrons. The van der Waals surface area contributed by atoms with E-state index < -0.39 is 0 Å². The first-order valence-electron chi connectivity index (χ1n) is 6.31. The number of carbonyl (C=O) groups excluding carboxylic acids is 1. The molecule has 2 rings (SSSR count). The van der Waals surface area contributed by atoms with Crippen molar-refractivity contribution in [3.63, 3.8) is 0 Å². The van der Waals surface area contributed by atoms with Gasteiger partial charge < -0.3 is 10.2 Å². The summed E-state index contributed by atoms with van der Waals surface area (Å²) in [6.07, 6.45) is 5.29. The molecule has 2 atom stereocenters. The van der Waals surface area contributed by atoms with Crippen molar-refractivity contribution >= 4 is 22.8 Å². The second kappa shape index (κ2) is 5.76. The normalized spacial score (nSPS) is 30.6. The molecule has 1 aliphatic carbocycles. The lowest BCUT2D eigenvalue weighted by Gasteiger charge is -2.36. The van der Waals surface area contributed by atoms with E-state index in [-0.39, 0.29) is 12.5 Å². The molecule has 1 aliphatic heterocycles. The van der Waals surface area contributed by atoms with Crippen molar-refractivity contribution < 1.29 is 4.79 Å². The predicted molar refractivity (Wildman–Crippen MR) is 72.3 cm³/mol. The molecule has 1 amide bonds. The third-order valence-corrected chi connectivity index (χ3v) is 4.62. The molecule has 96 valence electrons. The Kier molecular flexibility index (Phi) is 4.31. The van der Waals surface area contributed by atoms with Gasteiger partial charge in [0.05, 0.1) is 0 Å². The number of hydrogen-bond donors (Lipinski definition) is 1. The van der Waals surface area contributed by atoms with Gasteiger partial charge >= 0.3 is 0 Å². The van der Waals surface area contributed by atoms with Crippen LogP contribution >= 0.6 is 11.8 Å². The van der Waals surface area contributed by atoms with Crippen LogP contribution in [0.25, 0.3) is 0 Å². The summed E-state index contributed by atoms with van der Waals surface area (Å²) < 4.78 is 0. The number of likely N-dealkylation sites (N-methyl/N-ethyl adjacent to an activating group) is 1. The maximum absolute atomic E-state index is 11.5. The zero-order valence-electron chi connectivity index (χ0n) is 10.6. The number of amidine groups is 1. The molecule has 17 heavy (non-hydrogen) atoms. The van der Waals surface area contributed by atoms with Crippen LogP contribution in [0.2, 0.25) is 0 Å². The number of fused-ring (bicyclic) bond motifs is 1. The summed E-state index contributed by atoms with van der Waals surface area (Å²) in [6.45, 7) is 0.264. The first-order chi connectivity index (χ1) is 8.16. The van der Waals surface area contributed by atoms with E-state index in [9.17, 15) is 4.79 Å². The smallest absolute Gasteiger partial charge is 0.243 e. The standard InChI is InChI=1S/C12H21N3OS/c1-15(2)11(16)7-13-12-14-10-6-4-3-5-9(10)8-17-12/h9-10H,3-8H2,1-2H3,(H,13,14). The van der Waals surface area contributed by atoms with Crippen molar-refractivity contribution in [3.8, 4) is 0 Å². The third kappa shape index (κ3) is 3.37. The van der Waals surface area contributed by atoms with Gasteiger partial charge in [-0.25, -0.2) is 0 Å². The Morgan fingerprint density at radius 2 is 2.24 bits per heavy atom. The fraction of sp³-hybridized carbons (Fsp3) is 0.833. The van der Waals surface area contributed by atoms with Gasteiger partial charge in [0.1, 0.15) is 6.54 Å². The Bertz CT molecular complexity index is 317. The maximum Gasteiger partial charge on any atom is 0.243 e. The van der Waals surface area contributed by atoms with Crippen LogP contribution < -0.4 is 5.32 Å². The average Bonchev–Trinajstić information content (AvgIpc) is 2.35. The van der Waals surface area contributed by atoms with E-state index in [2.05, 4.69) is 10.3 Å². The molecule has 1 saturated carbocycles. The van der Waals surface area contributed by atoms with E-state index in [0.29, 0.717) is 6.04 Å². The van der Waals surface area contributed by atoms with Gasteiger partial charge in [-0.2, -0.15) is 0 Å². The second-order valence-corrected chi connectivity index (χ2v) is 6.02. The molecule has 0 aromatic heterocycles. The summed E-state index contributed by atoms with van der Waals surface area (Å²) in [7, 11) is 3.53. The number of nitrogens with zero attached hydrogens (tertiary/aromatic N) is 2. The summed E-state index contributed by atoms with van der Waals surface area (Å²) in [5, 5.41) is 4.45. The van der Waals surface area contributed by atoms with Crippen molar-refractivity contribution in [2.45, 2.75) is 31.7 Å². The van der Waals surface area contributed by atoms with Gasteiger partial charge in [0, 0.05) is 25.9 Å². The molecular weight excluding hydrogens is 234 g/mol. The number of carbonyl (C=O) groups is 1. The van der Waals surface area contributed by atoms with Gasteiger partial charge in [-0.3, -0.25) is 9.79 Å². The van der Waals surface area contributed by atoms with Gasteiger partial charge in [0.2, 0.25) is 5.91 Å². The van der Waals surface area contributed by atoms with Gasteiger partial charge in [-0.15, -0.1) is 0 Å². The minimum Gasteiger partial charge on any atom is -0.362 e. The molecular formula is C12H21N3OS. The van der Waals surface area contributed by atoms with Crippen molar-refractivity contribution in [1.82, 2.24) is 10.2 Å². The molecule has 1 saturated heterocycles. The Balaban J connectivity index is 1.86. The van der Waals surface area contributed by atoms with E-state index in [4.69, 9.17) is 0 Å². The van der Waals surface area contributed by atoms with Crippen molar-refractivity contribution in [2.75, 3.05) is 26.4 Å². The molecule has 1 N–H and O–H groups in total. The van der Waals surface area contributed by atoms with Crippen LogP contribution in [-0.2, 0) is 4.79 Å². The van der Waals surface area contributed by atoms with Crippen LogP contribution in [0.1, 0.15) is 25.7 Å². The fourth-order valence-corrected chi connectivity index (χ4v) is 3.52. The number of aliphatic imine (C=N–C) groups is 1. The molecule has 5 heteroatoms. The summed E-state index contributed by atoms with van der Waals surface area (Å²) >= 11 is 1.77. The fourth-order valence-electron chi connectivity index (χ4n) is 2.36. The minimum absolute atomic E-state index is 0.0608. The van der Waals surface area contributed by atoms with Gasteiger partial charge in [0.25, 0.3) is 0 Å². The zero-order chi connectivity index (χ0) is 12.3. The zero-order valence-corrected chi connectivity index (χ0v) is 11.4. The molecule has 0 aromatic carbocycles. The van der Waals surface area contributed by atoms with Gasteiger partial charge in [-0.1, -0.05) is 24.6 Å². The first-order valence-corrected chi connectivity index (χ1v) is 7.29. The van der Waals surface area contributed by atoms with E-state index in [1.165, 1.54) is 25.7 Å². The largest absolute Gasteiger partial charge is 0.362 e. The molecule has 1 heterocycles. The lowest BCUT2D eigenvalue weighted by molar-refractivity contribution is -0.127. The van der Waals surface area contributed by atoms with E-state index >= 15 is 0 Å². The highest BCUT2D eigenvalue weighted by molar-refractivity contribution is 8.13. The number of thioether (sulfide) groups is 1. The Morgan fingerprint density at radius 3 is 3.00 bits per heavy atom. The Labute approximate surface area is 107 Å². The minimum atomic E-state index is 0.0608. The van der Waals surface area contributed by atoms with Crippen LogP contribution in [0, 0.1) is 5.92 Å². The summed E-state index contributed by atoms with van der Waals surface area (Å²) in [5.41, 5.74) is 0. The Hall–Kier alpha value is -0.710. The molecule has 2 unspecified atom stereocenters. The van der Waals surface area contributed by atoms with Crippen molar-refractivity contribution in [1.29, 1.82) is 0 Å². The van der Waals surface area contributed by atoms with Crippen LogP contribution in [0.3, 0.4) is 0 Å². The Morgan fingerprint density at radius 1 is 1.47 bits per heavy atom. The molecule has 4 nitrogen and oxygen atoms in total. The van der Waals surface area contributed by atoms with Crippen LogP contribution in [-0.4, -0.2) is 48.4 Å². The summed E-state index contributed by atoms with van der Waals surface area (Å²) in [5.74, 6) is 2.02. The highest BCUT2D eigenvalue weighted by Crippen LogP contribution is 2.31. The van der Waals surface area contributed by atoms with E-state index in [1.807, 2.05) is 0 Å². The number of rotatable bonds is 2. The monoisotopic (exact) mass is 255 g/mol. The molecule has 2 aliphatic rings. The van der Waals surface area contributed by atoms with Crippen LogP contribution in [0.15, 0.2) is 4.99 Å². The van der Waals surface area contributed by atoms with Gasteiger partial charge in [-0.05, 0) is 18.8 Å². The highest BCUT2D eigenvalue weighted by atomic mass is 32.2. The maximum atomic E-state index is 11.5. The van der Waals surface area contributed by atoms with Gasteiger partial charge in [0.15, 0.2) is 5.17 Å². The molecule has 2 fully saturated rings. The summed E-state index contributed by atoms with van der Waals surface area (Å²) in [6, 6.07) is 0.596. The molecule has 0 aromatic rings. The quantitative estimate of drug-likeness (QED) is 0.809. The molecule has 0 spiro atoms.